The highest BCUT2D eigenvalue weighted by atomic mass is 35.5. The first-order valence-electron chi connectivity index (χ1n) is 16.4. The highest BCUT2D eigenvalue weighted by Crippen LogP contribution is 2.37. The molecule has 5 rings (SSSR count). The molecule has 4 aromatic rings. The molecular formula is C39H45ClN4O3. The molecule has 0 N–H and O–H groups in total. The fourth-order valence-electron chi connectivity index (χ4n) is 6.00. The number of hydrogen-bond acceptors (Lipinski definition) is 7. The lowest BCUT2D eigenvalue weighted by molar-refractivity contribution is 0.214. The van der Waals surface area contributed by atoms with Crippen molar-refractivity contribution in [2.24, 2.45) is 0 Å². The first kappa shape index (κ1) is 34.3. The fraction of sp³-hybridized carbons (Fsp3) is 0.385. The lowest BCUT2D eigenvalue weighted by atomic mass is 9.93. The van der Waals surface area contributed by atoms with Crippen LogP contribution in [0.5, 0.6) is 17.2 Å². The maximum Gasteiger partial charge on any atom is 0.142 e. The highest BCUT2D eigenvalue weighted by Gasteiger charge is 2.18. The summed E-state index contributed by atoms with van der Waals surface area (Å²) in [7, 11) is 4.16. The van der Waals surface area contributed by atoms with Crippen molar-refractivity contribution in [3.63, 3.8) is 0 Å². The molecule has 1 saturated heterocycles. The largest absolute Gasteiger partial charge is 0.493 e. The van der Waals surface area contributed by atoms with Crippen LogP contribution in [0.15, 0.2) is 67.0 Å². The van der Waals surface area contributed by atoms with Gasteiger partial charge in [-0.05, 0) is 106 Å². The molecule has 3 aromatic carbocycles. The van der Waals surface area contributed by atoms with Gasteiger partial charge in [0.2, 0.25) is 0 Å². The van der Waals surface area contributed by atoms with Crippen molar-refractivity contribution in [1.82, 2.24) is 14.8 Å². The van der Waals surface area contributed by atoms with Gasteiger partial charge in [0.25, 0.3) is 0 Å². The number of aromatic nitrogens is 1. The summed E-state index contributed by atoms with van der Waals surface area (Å²) < 4.78 is 18.9. The van der Waals surface area contributed by atoms with Crippen molar-refractivity contribution in [3.05, 3.63) is 105 Å². The summed E-state index contributed by atoms with van der Waals surface area (Å²) in [6, 6.07) is 20.4. The lowest BCUT2D eigenvalue weighted by Crippen LogP contribution is -2.29. The maximum atomic E-state index is 9.30. The van der Waals surface area contributed by atoms with Crippen molar-refractivity contribution in [2.45, 2.75) is 59.3 Å². The second-order valence-corrected chi connectivity index (χ2v) is 12.9. The Morgan fingerprint density at radius 1 is 0.830 bits per heavy atom. The topological polar surface area (TPSA) is 70.8 Å². The molecule has 0 radical (unpaired) electrons. The van der Waals surface area contributed by atoms with E-state index in [4.69, 9.17) is 25.8 Å². The molecular weight excluding hydrogens is 608 g/mol. The number of benzene rings is 3. The minimum absolute atomic E-state index is 0.287. The van der Waals surface area contributed by atoms with Gasteiger partial charge in [0.05, 0.1) is 17.2 Å². The van der Waals surface area contributed by atoms with Crippen LogP contribution in [-0.4, -0.2) is 55.1 Å². The Hall–Kier alpha value is -4.09. The molecule has 8 heteroatoms. The smallest absolute Gasteiger partial charge is 0.142 e. The molecule has 246 valence electrons. The molecule has 0 aliphatic carbocycles. The number of rotatable bonds is 14. The zero-order valence-electron chi connectivity index (χ0n) is 28.0. The third kappa shape index (κ3) is 9.26. The van der Waals surface area contributed by atoms with E-state index in [0.29, 0.717) is 29.5 Å². The third-order valence-electron chi connectivity index (χ3n) is 8.69. The number of pyridine rings is 1. The van der Waals surface area contributed by atoms with Crippen LogP contribution >= 0.6 is 11.6 Å². The minimum Gasteiger partial charge on any atom is -0.493 e. The first-order chi connectivity index (χ1) is 22.8. The van der Waals surface area contributed by atoms with Gasteiger partial charge in [0.15, 0.2) is 0 Å². The summed E-state index contributed by atoms with van der Waals surface area (Å²) >= 11 is 6.85. The predicted octanol–water partition coefficient (Wildman–Crippen LogP) is 8.36. The molecule has 0 spiro atoms. The molecule has 7 nitrogen and oxygen atoms in total. The van der Waals surface area contributed by atoms with Gasteiger partial charge in [-0.25, -0.2) is 0 Å². The van der Waals surface area contributed by atoms with Gasteiger partial charge in [-0.1, -0.05) is 48.4 Å². The highest BCUT2D eigenvalue weighted by molar-refractivity contribution is 6.32. The number of likely N-dealkylation sites (tertiary alicyclic amines) is 1. The summed E-state index contributed by atoms with van der Waals surface area (Å²) in [5.41, 5.74) is 8.02. The Morgan fingerprint density at radius 3 is 2.34 bits per heavy atom. The number of hydrogen-bond donors (Lipinski definition) is 0. The SMILES string of the molecule is Cc1c(COc2cc(OCc3cncc(C#N)c3)c(CN3CCCCC3)cc2Cl)cccc1-c1cccc(OCCCN(C)C)c1C. The van der Waals surface area contributed by atoms with Crippen LogP contribution in [0.1, 0.15) is 59.1 Å². The predicted molar refractivity (Wildman–Crippen MR) is 188 cm³/mol. The van der Waals surface area contributed by atoms with Gasteiger partial charge in [-0.3, -0.25) is 9.88 Å². The van der Waals surface area contributed by atoms with Crippen molar-refractivity contribution >= 4 is 11.6 Å². The van der Waals surface area contributed by atoms with E-state index in [1.165, 1.54) is 19.3 Å². The number of nitriles is 1. The second kappa shape index (κ2) is 16.6. The lowest BCUT2D eigenvalue weighted by Gasteiger charge is -2.27. The van der Waals surface area contributed by atoms with E-state index < -0.39 is 0 Å². The first-order valence-corrected chi connectivity index (χ1v) is 16.8. The van der Waals surface area contributed by atoms with Crippen LogP contribution in [0.25, 0.3) is 11.1 Å². The van der Waals surface area contributed by atoms with Crippen LogP contribution in [0, 0.1) is 25.2 Å². The molecule has 47 heavy (non-hydrogen) atoms. The van der Waals surface area contributed by atoms with Gasteiger partial charge in [0, 0.05) is 42.7 Å². The third-order valence-corrected chi connectivity index (χ3v) is 8.98. The molecule has 0 unspecified atom stereocenters. The Kier molecular flexibility index (Phi) is 12.1. The van der Waals surface area contributed by atoms with Crippen LogP contribution in [0.4, 0.5) is 0 Å². The van der Waals surface area contributed by atoms with Crippen molar-refractivity contribution < 1.29 is 14.2 Å². The van der Waals surface area contributed by atoms with Gasteiger partial charge >= 0.3 is 0 Å². The molecule has 0 atom stereocenters. The number of halogens is 1. The van der Waals surface area contributed by atoms with E-state index in [2.05, 4.69) is 79.1 Å². The average Bonchev–Trinajstić information content (AvgIpc) is 3.07. The Balaban J connectivity index is 1.34. The van der Waals surface area contributed by atoms with Crippen LogP contribution in [-0.2, 0) is 19.8 Å². The van der Waals surface area contributed by atoms with Gasteiger partial charge in [-0.2, -0.15) is 5.26 Å². The standard InChI is InChI=1S/C39H45ClN4O3/c1-28-32(11-8-12-34(28)35-13-9-14-37(29(35)2)45-18-10-15-43(3)4)27-47-39-21-38(46-26-31-19-30(22-41)23-42-24-31)33(20-36(39)40)25-44-16-6-5-7-17-44/h8-9,11-14,19-21,23-24H,5-7,10,15-18,25-27H2,1-4H3. The van der Waals surface area contributed by atoms with E-state index in [1.54, 1.807) is 18.5 Å². The van der Waals surface area contributed by atoms with E-state index in [9.17, 15) is 5.26 Å². The summed E-state index contributed by atoms with van der Waals surface area (Å²) in [4.78, 5) is 8.80. The molecule has 1 fully saturated rings. The van der Waals surface area contributed by atoms with Gasteiger partial charge in [-0.15, -0.1) is 0 Å². The average molecular weight is 653 g/mol. The molecule has 0 bridgehead atoms. The van der Waals surface area contributed by atoms with E-state index in [0.717, 1.165) is 83.0 Å². The molecule has 0 saturated carbocycles. The van der Waals surface area contributed by atoms with Gasteiger partial charge < -0.3 is 19.1 Å². The summed E-state index contributed by atoms with van der Waals surface area (Å²) in [5.74, 6) is 2.21. The summed E-state index contributed by atoms with van der Waals surface area (Å²) in [6.45, 7) is 9.46. The maximum absolute atomic E-state index is 9.30. The summed E-state index contributed by atoms with van der Waals surface area (Å²) in [5, 5.41) is 9.86. The normalized spacial score (nSPS) is 13.4. The van der Waals surface area contributed by atoms with E-state index in [-0.39, 0.29) is 6.61 Å². The van der Waals surface area contributed by atoms with E-state index >= 15 is 0 Å². The fourth-order valence-corrected chi connectivity index (χ4v) is 6.25. The molecule has 0 amide bonds. The Labute approximate surface area is 284 Å². The Bertz CT molecular complexity index is 1690. The number of piperidine rings is 1. The molecule has 1 aliphatic rings. The number of ether oxygens (including phenoxy) is 3. The van der Waals surface area contributed by atoms with Crippen molar-refractivity contribution in [3.8, 4) is 34.4 Å². The minimum atomic E-state index is 0.287. The van der Waals surface area contributed by atoms with Crippen LogP contribution < -0.4 is 14.2 Å². The zero-order valence-corrected chi connectivity index (χ0v) is 28.8. The Morgan fingerprint density at radius 2 is 1.57 bits per heavy atom. The van der Waals surface area contributed by atoms with Crippen LogP contribution in [0.3, 0.4) is 0 Å². The molecule has 1 aromatic heterocycles. The molecule has 2 heterocycles. The van der Waals surface area contributed by atoms with Crippen molar-refractivity contribution in [2.75, 3.05) is 40.3 Å². The zero-order chi connectivity index (χ0) is 33.2. The van der Waals surface area contributed by atoms with Crippen LogP contribution in [0.2, 0.25) is 5.02 Å². The summed E-state index contributed by atoms with van der Waals surface area (Å²) in [6.07, 6.45) is 7.92. The van der Waals surface area contributed by atoms with Gasteiger partial charge in [0.1, 0.15) is 36.5 Å². The molecule has 1 aliphatic heterocycles. The second-order valence-electron chi connectivity index (χ2n) is 12.5. The van der Waals surface area contributed by atoms with E-state index in [1.807, 2.05) is 18.2 Å². The van der Waals surface area contributed by atoms with Crippen molar-refractivity contribution in [1.29, 1.82) is 5.26 Å². The quantitative estimate of drug-likeness (QED) is 0.127. The number of nitrogens with zero attached hydrogens (tertiary/aromatic N) is 4. The monoisotopic (exact) mass is 652 g/mol.